The van der Waals surface area contributed by atoms with Gasteiger partial charge in [0.1, 0.15) is 5.58 Å². The van der Waals surface area contributed by atoms with E-state index in [-0.39, 0.29) is 0 Å². The quantitative estimate of drug-likeness (QED) is 0.142. The van der Waals surface area contributed by atoms with Crippen LogP contribution < -0.4 is 9.80 Å². The lowest BCUT2D eigenvalue weighted by atomic mass is 9.92. The maximum Gasteiger partial charge on any atom is 0.159 e. The minimum absolute atomic E-state index is 0.837. The molecule has 0 spiro atoms. The molecule has 91 heavy (non-hydrogen) atoms. The summed E-state index contributed by atoms with van der Waals surface area (Å²) in [7, 11) is 0. The normalized spacial score (nSPS) is 12.2. The predicted octanol–water partition coefficient (Wildman–Crippen LogP) is 24.9. The molecule has 0 saturated carbocycles. The molecule has 15 aromatic carbocycles. The molecule has 0 aliphatic heterocycles. The summed E-state index contributed by atoms with van der Waals surface area (Å²) in [6.07, 6.45) is 0. The first-order chi connectivity index (χ1) is 45.1. The molecule has 20 aromatic rings. The van der Waals surface area contributed by atoms with Gasteiger partial charge in [0.15, 0.2) is 5.58 Å². The number of benzene rings is 15. The van der Waals surface area contributed by atoms with Gasteiger partial charge in [0.05, 0.1) is 48.5 Å². The Balaban J connectivity index is 0.805. The van der Waals surface area contributed by atoms with Gasteiger partial charge in [-0.15, -0.1) is 22.7 Å². The molecule has 5 nitrogen and oxygen atoms in total. The fourth-order valence-electron chi connectivity index (χ4n) is 15.1. The Morgan fingerprint density at radius 3 is 1.21 bits per heavy atom. The van der Waals surface area contributed by atoms with Crippen molar-refractivity contribution < 1.29 is 4.42 Å². The molecule has 0 fully saturated rings. The van der Waals surface area contributed by atoms with Gasteiger partial charge in [-0.25, -0.2) is 0 Å². The van der Waals surface area contributed by atoms with Crippen LogP contribution in [0.3, 0.4) is 0 Å². The first-order valence-corrected chi connectivity index (χ1v) is 32.6. The summed E-state index contributed by atoms with van der Waals surface area (Å²) in [5.74, 6) is 0. The fourth-order valence-corrected chi connectivity index (χ4v) is 17.5. The van der Waals surface area contributed by atoms with Crippen LogP contribution in [0.5, 0.6) is 0 Å². The van der Waals surface area contributed by atoms with E-state index in [1.807, 2.05) is 22.7 Å². The minimum atomic E-state index is 0.837. The molecule has 5 heterocycles. The Bertz CT molecular complexity index is 6430. The molecule has 20 rings (SSSR count). The number of anilines is 6. The lowest BCUT2D eigenvalue weighted by Crippen LogP contribution is -2.10. The Morgan fingerprint density at radius 2 is 0.637 bits per heavy atom. The Morgan fingerprint density at radius 1 is 0.242 bits per heavy atom. The van der Waals surface area contributed by atoms with Crippen LogP contribution in [-0.2, 0) is 0 Å². The summed E-state index contributed by atoms with van der Waals surface area (Å²) in [6, 6.07) is 112. The molecule has 424 valence electrons. The van der Waals surface area contributed by atoms with Gasteiger partial charge in [-0.3, -0.25) is 0 Å². The predicted molar refractivity (Wildman–Crippen MR) is 390 cm³/mol. The number of aromatic nitrogens is 2. The highest BCUT2D eigenvalue weighted by atomic mass is 32.1. The van der Waals surface area contributed by atoms with Crippen molar-refractivity contribution in [1.82, 2.24) is 9.13 Å². The molecule has 0 aliphatic rings. The van der Waals surface area contributed by atoms with Gasteiger partial charge in [0.2, 0.25) is 0 Å². The van der Waals surface area contributed by atoms with Gasteiger partial charge in [-0.1, -0.05) is 176 Å². The van der Waals surface area contributed by atoms with Crippen LogP contribution in [0.15, 0.2) is 308 Å². The van der Waals surface area contributed by atoms with E-state index in [0.717, 1.165) is 78.3 Å². The summed E-state index contributed by atoms with van der Waals surface area (Å²) in [4.78, 5) is 4.95. The number of fused-ring (bicyclic) bond motifs is 21. The molecular weight excluding hydrogens is 1150 g/mol. The average Bonchev–Trinajstić information content (AvgIpc) is 1.75. The second-order valence-corrected chi connectivity index (χ2v) is 26.0. The Kier molecular flexibility index (Phi) is 10.8. The first-order valence-electron chi connectivity index (χ1n) is 31.0. The lowest BCUT2D eigenvalue weighted by molar-refractivity contribution is 0.669. The number of thiophene rings is 2. The number of furan rings is 1. The van der Waals surface area contributed by atoms with Crippen molar-refractivity contribution in [2.45, 2.75) is 0 Å². The molecule has 5 aromatic heterocycles. The van der Waals surface area contributed by atoms with Crippen molar-refractivity contribution in [3.8, 4) is 11.4 Å². The first kappa shape index (κ1) is 50.5. The standard InChI is InChI=1S/C84H50N4OS2/c1-3-20-51(21-4-1)86-72-33-13-9-26-59(72)69-47-54(41-44-74(69)86)85(77-36-18-31-64-61-28-11-15-38-80(61)90-83(64)77)53-40-43-58-66(46-53)56-24-7-8-25-57(56)67-49-71-63-30-17-35-76(82(63)89-79(71)50-68(58)67)88(78-37-19-32-65-62-29-12-16-39-81(62)91-84(65)78)55-42-45-75-70(48-55)60-27-10-14-34-73(60)87(75)52-22-5-2-6-23-52/h1-50H. The SMILES string of the molecule is c1ccc(-n2c3ccccc3c3cc(N(c4ccc5c(c4)c4ccccc4c4cc6c(cc54)oc4c(N(c5ccc7c(c5)c5ccccc5n7-c5ccccc5)c5cccc7c5sc5ccccc57)cccc46)c4cccc5c4sc4ccccc45)ccc32)cc1. The van der Waals surface area contributed by atoms with Crippen LogP contribution in [0.4, 0.5) is 34.1 Å². The zero-order valence-corrected chi connectivity index (χ0v) is 50.5. The largest absolute Gasteiger partial charge is 0.454 e. The topological polar surface area (TPSA) is 29.5 Å². The van der Waals surface area contributed by atoms with E-state index in [4.69, 9.17) is 4.42 Å². The van der Waals surface area contributed by atoms with E-state index >= 15 is 0 Å². The average molecular weight is 1200 g/mol. The Hall–Kier alpha value is -11.5. The van der Waals surface area contributed by atoms with Crippen molar-refractivity contribution >= 4 is 195 Å². The van der Waals surface area contributed by atoms with Gasteiger partial charge in [-0.2, -0.15) is 0 Å². The molecule has 0 N–H and O–H groups in total. The van der Waals surface area contributed by atoms with Crippen LogP contribution in [0, 0.1) is 0 Å². The highest BCUT2D eigenvalue weighted by molar-refractivity contribution is 7.26. The third-order valence-corrected chi connectivity index (χ3v) is 21.4. The monoisotopic (exact) mass is 1190 g/mol. The molecule has 0 saturated heterocycles. The maximum atomic E-state index is 7.46. The van der Waals surface area contributed by atoms with E-state index in [9.17, 15) is 0 Å². The zero-order chi connectivity index (χ0) is 59.4. The van der Waals surface area contributed by atoms with Gasteiger partial charge in [0.25, 0.3) is 0 Å². The summed E-state index contributed by atoms with van der Waals surface area (Å²) < 4.78 is 17.3. The number of nitrogens with zero attached hydrogens (tertiary/aromatic N) is 4. The van der Waals surface area contributed by atoms with Crippen LogP contribution in [0.1, 0.15) is 0 Å². The smallest absolute Gasteiger partial charge is 0.159 e. The van der Waals surface area contributed by atoms with Crippen molar-refractivity contribution in [3.05, 3.63) is 303 Å². The molecule has 0 radical (unpaired) electrons. The van der Waals surface area contributed by atoms with Crippen LogP contribution in [-0.4, -0.2) is 9.13 Å². The van der Waals surface area contributed by atoms with Crippen molar-refractivity contribution in [1.29, 1.82) is 0 Å². The van der Waals surface area contributed by atoms with Crippen molar-refractivity contribution in [2.75, 3.05) is 9.80 Å². The number of rotatable bonds is 8. The van der Waals surface area contributed by atoms with Gasteiger partial charge in [-0.05, 0) is 160 Å². The summed E-state index contributed by atoms with van der Waals surface area (Å²) in [5.41, 5.74) is 15.1. The van der Waals surface area contributed by atoms with E-state index in [1.54, 1.807) is 0 Å². The lowest BCUT2D eigenvalue weighted by Gasteiger charge is -2.27. The number of hydrogen-bond donors (Lipinski definition) is 0. The molecule has 0 bridgehead atoms. The maximum absolute atomic E-state index is 7.46. The van der Waals surface area contributed by atoms with Crippen LogP contribution in [0.25, 0.3) is 150 Å². The molecule has 7 heteroatoms. The van der Waals surface area contributed by atoms with Crippen LogP contribution >= 0.6 is 22.7 Å². The molecule has 0 aliphatic carbocycles. The number of hydrogen-bond acceptors (Lipinski definition) is 5. The summed E-state index contributed by atoms with van der Waals surface area (Å²) in [6.45, 7) is 0. The number of para-hydroxylation sites is 5. The third kappa shape index (κ3) is 7.44. The van der Waals surface area contributed by atoms with Gasteiger partial charge >= 0.3 is 0 Å². The van der Waals surface area contributed by atoms with Crippen LogP contribution in [0.2, 0.25) is 0 Å². The highest BCUT2D eigenvalue weighted by Crippen LogP contribution is 2.52. The van der Waals surface area contributed by atoms with E-state index in [2.05, 4.69) is 322 Å². The zero-order valence-electron chi connectivity index (χ0n) is 48.9. The van der Waals surface area contributed by atoms with E-state index in [1.165, 1.54) is 105 Å². The second-order valence-electron chi connectivity index (χ2n) is 23.9. The van der Waals surface area contributed by atoms with Gasteiger partial charge in [0, 0.05) is 91.7 Å². The molecular formula is C84H50N4OS2. The highest BCUT2D eigenvalue weighted by Gasteiger charge is 2.27. The fraction of sp³-hybridized carbons (Fsp3) is 0. The molecule has 0 unspecified atom stereocenters. The van der Waals surface area contributed by atoms with Crippen molar-refractivity contribution in [2.24, 2.45) is 0 Å². The van der Waals surface area contributed by atoms with E-state index < -0.39 is 0 Å². The molecule has 0 atom stereocenters. The molecule has 0 amide bonds. The Labute approximate surface area is 529 Å². The summed E-state index contributed by atoms with van der Waals surface area (Å²) in [5, 5.41) is 19.1. The third-order valence-electron chi connectivity index (χ3n) is 19.0. The van der Waals surface area contributed by atoms with Crippen molar-refractivity contribution in [3.63, 3.8) is 0 Å². The summed E-state index contributed by atoms with van der Waals surface area (Å²) >= 11 is 3.72. The van der Waals surface area contributed by atoms with E-state index in [0.29, 0.717) is 0 Å². The second kappa shape index (κ2) is 19.5. The van der Waals surface area contributed by atoms with Gasteiger partial charge < -0.3 is 23.4 Å². The minimum Gasteiger partial charge on any atom is -0.454 e.